The largest absolute Gasteiger partial charge is 0.394 e. The van der Waals surface area contributed by atoms with Crippen LogP contribution < -0.4 is 5.43 Å². The Kier molecular flexibility index (Phi) is 2.28. The molecule has 0 aromatic heterocycles. The zero-order valence-electron chi connectivity index (χ0n) is 7.43. The molecule has 1 aliphatic carbocycles. The molecule has 0 spiro atoms. The van der Waals surface area contributed by atoms with Crippen molar-refractivity contribution in [3.63, 3.8) is 0 Å². The van der Waals surface area contributed by atoms with E-state index in [4.69, 9.17) is 5.11 Å². The second kappa shape index (κ2) is 3.45. The summed E-state index contributed by atoms with van der Waals surface area (Å²) in [5.74, 6) is -0.419. The third-order valence-corrected chi connectivity index (χ3v) is 2.23. The number of rotatable bonds is 3. The maximum absolute atomic E-state index is 11.4. The summed E-state index contributed by atoms with van der Waals surface area (Å²) in [5.41, 5.74) is 3.21. The van der Waals surface area contributed by atoms with Gasteiger partial charge in [0, 0.05) is 5.57 Å². The van der Waals surface area contributed by atoms with Crippen molar-refractivity contribution in [2.75, 3.05) is 13.3 Å². The van der Waals surface area contributed by atoms with Crippen LogP contribution in [-0.2, 0) is 9.59 Å². The Labute approximate surface area is 80.7 Å². The van der Waals surface area contributed by atoms with Gasteiger partial charge in [-0.3, -0.25) is 9.59 Å². The minimum atomic E-state index is -0.406. The first kappa shape index (κ1) is 9.26. The lowest BCUT2D eigenvalue weighted by molar-refractivity contribution is -0.115. The zero-order chi connectivity index (χ0) is 10.1. The lowest BCUT2D eigenvalue weighted by atomic mass is 9.97. The Morgan fingerprint density at radius 3 is 2.79 bits per heavy atom. The number of hydrazine groups is 1. The fraction of sp³-hybridized carbons (Fsp3) is 0.333. The van der Waals surface area contributed by atoms with Gasteiger partial charge in [0.2, 0.25) is 0 Å². The van der Waals surface area contributed by atoms with Crippen molar-refractivity contribution < 1.29 is 14.7 Å². The Balaban J connectivity index is 2.22. The van der Waals surface area contributed by atoms with Crippen LogP contribution in [0.4, 0.5) is 0 Å². The molecule has 0 saturated carbocycles. The topological polar surface area (TPSA) is 79.3 Å². The first-order valence-corrected chi connectivity index (χ1v) is 4.31. The van der Waals surface area contributed by atoms with E-state index in [1.54, 1.807) is 5.01 Å². The molecule has 1 saturated heterocycles. The first-order chi connectivity index (χ1) is 6.72. The van der Waals surface area contributed by atoms with Gasteiger partial charge < -0.3 is 5.11 Å². The number of carbonyl (C=O) groups is 2. The molecule has 2 rings (SSSR count). The lowest BCUT2D eigenvalue weighted by Crippen LogP contribution is -2.32. The number of ketones is 2. The Morgan fingerprint density at radius 2 is 2.21 bits per heavy atom. The van der Waals surface area contributed by atoms with Crippen LogP contribution in [-0.4, -0.2) is 41.0 Å². The van der Waals surface area contributed by atoms with Crippen molar-refractivity contribution in [3.8, 4) is 0 Å². The second-order valence-electron chi connectivity index (χ2n) is 3.18. The van der Waals surface area contributed by atoms with E-state index in [1.807, 2.05) is 0 Å². The summed E-state index contributed by atoms with van der Waals surface area (Å²) < 4.78 is 0. The summed E-state index contributed by atoms with van der Waals surface area (Å²) in [6.07, 6.45) is 3.75. The predicted octanol–water partition coefficient (Wildman–Crippen LogP) is -1.24. The minimum absolute atomic E-state index is 0.175. The average molecular weight is 194 g/mol. The molecule has 0 radical (unpaired) electrons. The highest BCUT2D eigenvalue weighted by Gasteiger charge is 2.33. The number of hydrogen-bond acceptors (Lipinski definition) is 5. The van der Waals surface area contributed by atoms with Crippen molar-refractivity contribution in [1.82, 2.24) is 10.4 Å². The van der Waals surface area contributed by atoms with Crippen LogP contribution in [0.3, 0.4) is 0 Å². The molecular weight excluding hydrogens is 184 g/mol. The normalized spacial score (nSPS) is 27.5. The monoisotopic (exact) mass is 194 g/mol. The molecule has 5 heteroatoms. The zero-order valence-corrected chi connectivity index (χ0v) is 7.43. The van der Waals surface area contributed by atoms with Crippen LogP contribution in [0.15, 0.2) is 23.8 Å². The Hall–Kier alpha value is -1.30. The van der Waals surface area contributed by atoms with Crippen molar-refractivity contribution in [2.45, 2.75) is 6.04 Å². The molecule has 74 valence electrons. The molecule has 0 bridgehead atoms. The van der Waals surface area contributed by atoms with E-state index >= 15 is 0 Å². The fourth-order valence-electron chi connectivity index (χ4n) is 1.41. The summed E-state index contributed by atoms with van der Waals surface area (Å²) in [6, 6.07) is -0.406. The fourth-order valence-corrected chi connectivity index (χ4v) is 1.41. The first-order valence-electron chi connectivity index (χ1n) is 4.31. The Morgan fingerprint density at radius 1 is 1.50 bits per heavy atom. The highest BCUT2D eigenvalue weighted by Crippen LogP contribution is 2.17. The molecule has 5 nitrogen and oxygen atoms in total. The molecule has 2 aliphatic rings. The van der Waals surface area contributed by atoms with Gasteiger partial charge in [-0.2, -0.15) is 0 Å². The van der Waals surface area contributed by atoms with E-state index in [2.05, 4.69) is 5.43 Å². The van der Waals surface area contributed by atoms with Gasteiger partial charge in [-0.15, -0.1) is 0 Å². The summed E-state index contributed by atoms with van der Waals surface area (Å²) in [7, 11) is 0. The number of allylic oxidation sites excluding steroid dienone is 3. The van der Waals surface area contributed by atoms with Gasteiger partial charge in [0.1, 0.15) is 0 Å². The molecule has 2 unspecified atom stereocenters. The number of carbonyl (C=O) groups excluding carboxylic acids is 2. The lowest BCUT2D eigenvalue weighted by Gasteiger charge is -2.17. The third kappa shape index (κ3) is 1.65. The minimum Gasteiger partial charge on any atom is -0.394 e. The van der Waals surface area contributed by atoms with Gasteiger partial charge in [0.05, 0.1) is 19.3 Å². The SMILES string of the molecule is O=C1C=CC(=O)C(C(CO)N2CN2)=C1. The highest BCUT2D eigenvalue weighted by molar-refractivity contribution is 6.17. The van der Waals surface area contributed by atoms with Gasteiger partial charge >= 0.3 is 0 Å². The van der Waals surface area contributed by atoms with Crippen LogP contribution in [0.2, 0.25) is 0 Å². The maximum atomic E-state index is 11.4. The van der Waals surface area contributed by atoms with Crippen molar-refractivity contribution in [1.29, 1.82) is 0 Å². The van der Waals surface area contributed by atoms with E-state index in [0.717, 1.165) is 0 Å². The molecule has 1 fully saturated rings. The van der Waals surface area contributed by atoms with Crippen molar-refractivity contribution >= 4 is 11.6 Å². The summed E-state index contributed by atoms with van der Waals surface area (Å²) in [4.78, 5) is 22.4. The standard InChI is InChI=1S/C9H10N2O3/c12-4-8(11-5-10-11)7-3-6(13)1-2-9(7)14/h1-3,8,10,12H,4-5H2. The molecule has 0 aromatic carbocycles. The van der Waals surface area contributed by atoms with Gasteiger partial charge in [0.25, 0.3) is 0 Å². The van der Waals surface area contributed by atoms with Gasteiger partial charge in [-0.05, 0) is 18.2 Å². The number of nitrogens with one attached hydrogen (secondary N) is 1. The van der Waals surface area contributed by atoms with E-state index < -0.39 is 6.04 Å². The molecular formula is C9H10N2O3. The summed E-state index contributed by atoms with van der Waals surface area (Å²) in [5, 5.41) is 10.8. The molecule has 0 aromatic rings. The second-order valence-corrected chi connectivity index (χ2v) is 3.18. The molecule has 0 amide bonds. The summed E-state index contributed by atoms with van der Waals surface area (Å²) in [6.45, 7) is 0.458. The van der Waals surface area contributed by atoms with E-state index in [1.165, 1.54) is 18.2 Å². The van der Waals surface area contributed by atoms with E-state index in [0.29, 0.717) is 12.2 Å². The van der Waals surface area contributed by atoms with Gasteiger partial charge in [-0.25, -0.2) is 10.4 Å². The van der Waals surface area contributed by atoms with E-state index in [-0.39, 0.29) is 18.2 Å². The number of hydrogen-bond donors (Lipinski definition) is 2. The molecule has 1 aliphatic heterocycles. The van der Waals surface area contributed by atoms with Crippen LogP contribution in [0, 0.1) is 0 Å². The quantitative estimate of drug-likeness (QED) is 0.434. The smallest absolute Gasteiger partial charge is 0.183 e. The molecule has 14 heavy (non-hydrogen) atoms. The van der Waals surface area contributed by atoms with Crippen molar-refractivity contribution in [2.24, 2.45) is 0 Å². The Bertz CT molecular complexity index is 342. The number of aliphatic hydroxyl groups excluding tert-OH is 1. The maximum Gasteiger partial charge on any atom is 0.183 e. The van der Waals surface area contributed by atoms with E-state index in [9.17, 15) is 9.59 Å². The third-order valence-electron chi connectivity index (χ3n) is 2.23. The average Bonchev–Trinajstić information content (AvgIpc) is 2.96. The number of aliphatic hydroxyl groups is 1. The molecule has 2 atom stereocenters. The highest BCUT2D eigenvalue weighted by atomic mass is 16.3. The van der Waals surface area contributed by atoms with Crippen LogP contribution >= 0.6 is 0 Å². The van der Waals surface area contributed by atoms with Crippen LogP contribution in [0.5, 0.6) is 0 Å². The predicted molar refractivity (Wildman–Crippen MR) is 48.0 cm³/mol. The van der Waals surface area contributed by atoms with Crippen LogP contribution in [0.25, 0.3) is 0 Å². The van der Waals surface area contributed by atoms with Crippen molar-refractivity contribution in [3.05, 3.63) is 23.8 Å². The number of nitrogens with zero attached hydrogens (tertiary/aromatic N) is 1. The van der Waals surface area contributed by atoms with Gasteiger partial charge in [0.15, 0.2) is 11.6 Å². The van der Waals surface area contributed by atoms with Crippen LogP contribution in [0.1, 0.15) is 0 Å². The molecule has 2 N–H and O–H groups in total. The summed E-state index contributed by atoms with van der Waals surface area (Å²) >= 11 is 0. The molecule has 1 heterocycles. The van der Waals surface area contributed by atoms with Gasteiger partial charge in [-0.1, -0.05) is 0 Å².